The van der Waals surface area contributed by atoms with Crippen LogP contribution in [0, 0.1) is 5.92 Å². The highest BCUT2D eigenvalue weighted by Gasteiger charge is 2.38. The molecule has 2 heteroatoms. The Balaban J connectivity index is 2.21. The molecule has 1 saturated heterocycles. The molecule has 1 unspecified atom stereocenters. The number of piperidine rings is 1. The Labute approximate surface area is 110 Å². The molecule has 1 fully saturated rings. The molecule has 2 rings (SSSR count). The van der Waals surface area contributed by atoms with Crippen molar-refractivity contribution in [1.82, 2.24) is 5.32 Å². The monoisotopic (exact) mass is 247 g/mol. The zero-order valence-electron chi connectivity index (χ0n) is 11.4. The Bertz CT molecular complexity index is 345. The average Bonchev–Trinajstić information content (AvgIpc) is 2.46. The molecule has 100 valence electrons. The maximum atomic E-state index is 11.2. The molecular weight excluding hydrogens is 222 g/mol. The molecule has 1 aliphatic heterocycles. The molecule has 1 aromatic rings. The molecule has 0 amide bonds. The van der Waals surface area contributed by atoms with Crippen LogP contribution < -0.4 is 5.32 Å². The first-order valence-electron chi connectivity index (χ1n) is 7.26. The molecule has 1 aliphatic rings. The highest BCUT2D eigenvalue weighted by molar-refractivity contribution is 5.23. The normalized spacial score (nSPS) is 23.6. The third-order valence-corrected chi connectivity index (χ3v) is 4.16. The maximum Gasteiger partial charge on any atom is 0.0936 e. The van der Waals surface area contributed by atoms with Gasteiger partial charge in [0.25, 0.3) is 0 Å². The number of benzene rings is 1. The van der Waals surface area contributed by atoms with E-state index >= 15 is 0 Å². The molecule has 0 radical (unpaired) electrons. The smallest absolute Gasteiger partial charge is 0.0936 e. The summed E-state index contributed by atoms with van der Waals surface area (Å²) in [6, 6.07) is 10.2. The molecule has 2 nitrogen and oxygen atoms in total. The van der Waals surface area contributed by atoms with Crippen molar-refractivity contribution in [1.29, 1.82) is 0 Å². The van der Waals surface area contributed by atoms with E-state index in [0.29, 0.717) is 5.92 Å². The minimum atomic E-state index is -0.648. The lowest BCUT2D eigenvalue weighted by atomic mass is 9.74. The fourth-order valence-corrected chi connectivity index (χ4v) is 3.02. The lowest BCUT2D eigenvalue weighted by Crippen LogP contribution is -2.44. The fraction of sp³-hybridized carbons (Fsp3) is 0.625. The van der Waals surface area contributed by atoms with Gasteiger partial charge < -0.3 is 10.4 Å². The summed E-state index contributed by atoms with van der Waals surface area (Å²) in [7, 11) is 0. The molecular formula is C16H25NO. The molecule has 0 bridgehead atoms. The third kappa shape index (κ3) is 2.93. The van der Waals surface area contributed by atoms with Gasteiger partial charge in [-0.3, -0.25) is 0 Å². The summed E-state index contributed by atoms with van der Waals surface area (Å²) >= 11 is 0. The maximum absolute atomic E-state index is 11.2. The van der Waals surface area contributed by atoms with E-state index in [1.807, 2.05) is 18.2 Å². The van der Waals surface area contributed by atoms with Crippen LogP contribution in [0.15, 0.2) is 30.3 Å². The zero-order chi connectivity index (χ0) is 12.8. The van der Waals surface area contributed by atoms with Crippen molar-refractivity contribution in [3.8, 4) is 0 Å². The van der Waals surface area contributed by atoms with Gasteiger partial charge in [-0.05, 0) is 31.4 Å². The van der Waals surface area contributed by atoms with Gasteiger partial charge in [-0.2, -0.15) is 0 Å². The summed E-state index contributed by atoms with van der Waals surface area (Å²) in [6.45, 7) is 4.22. The van der Waals surface area contributed by atoms with E-state index < -0.39 is 5.60 Å². The molecule has 0 spiro atoms. The lowest BCUT2D eigenvalue weighted by molar-refractivity contribution is -0.0423. The van der Waals surface area contributed by atoms with Crippen molar-refractivity contribution in [2.75, 3.05) is 13.1 Å². The third-order valence-electron chi connectivity index (χ3n) is 4.16. The van der Waals surface area contributed by atoms with Crippen molar-refractivity contribution < 1.29 is 5.11 Å². The summed E-state index contributed by atoms with van der Waals surface area (Å²) in [4.78, 5) is 0. The van der Waals surface area contributed by atoms with Gasteiger partial charge in [0, 0.05) is 12.5 Å². The molecule has 18 heavy (non-hydrogen) atoms. The number of hydrogen-bond acceptors (Lipinski definition) is 2. The van der Waals surface area contributed by atoms with Crippen LogP contribution in [0.25, 0.3) is 0 Å². The van der Waals surface area contributed by atoms with Crippen molar-refractivity contribution >= 4 is 0 Å². The van der Waals surface area contributed by atoms with Gasteiger partial charge in [0.15, 0.2) is 0 Å². The number of rotatable bonds is 5. The number of aliphatic hydroxyl groups is 1. The van der Waals surface area contributed by atoms with Crippen LogP contribution in [-0.4, -0.2) is 18.2 Å². The molecule has 1 heterocycles. The second kappa shape index (κ2) is 6.35. The van der Waals surface area contributed by atoms with Crippen LogP contribution in [0.4, 0.5) is 0 Å². The van der Waals surface area contributed by atoms with Gasteiger partial charge in [0.2, 0.25) is 0 Å². The van der Waals surface area contributed by atoms with Crippen LogP contribution in [0.5, 0.6) is 0 Å². The Morgan fingerprint density at radius 2 is 2.11 bits per heavy atom. The van der Waals surface area contributed by atoms with Crippen molar-refractivity contribution in [3.05, 3.63) is 35.9 Å². The van der Waals surface area contributed by atoms with Crippen LogP contribution in [0.1, 0.15) is 44.6 Å². The van der Waals surface area contributed by atoms with Crippen LogP contribution in [0.3, 0.4) is 0 Å². The number of nitrogens with one attached hydrogen (secondary N) is 1. The zero-order valence-corrected chi connectivity index (χ0v) is 11.4. The molecule has 0 saturated carbocycles. The van der Waals surface area contributed by atoms with Crippen LogP contribution in [0.2, 0.25) is 0 Å². The minimum absolute atomic E-state index is 0.347. The van der Waals surface area contributed by atoms with E-state index in [1.165, 1.54) is 6.42 Å². The van der Waals surface area contributed by atoms with E-state index in [1.54, 1.807) is 0 Å². The Hall–Kier alpha value is -0.860. The average molecular weight is 247 g/mol. The topological polar surface area (TPSA) is 32.3 Å². The van der Waals surface area contributed by atoms with Crippen molar-refractivity contribution in [3.63, 3.8) is 0 Å². The SMILES string of the molecule is CCCC[C@@](O)(c1ccccc1)C1CCCNC1. The molecule has 2 atom stereocenters. The first kappa shape index (κ1) is 13.6. The van der Waals surface area contributed by atoms with Crippen LogP contribution >= 0.6 is 0 Å². The standard InChI is InChI=1S/C16H25NO/c1-2-3-11-16(18,14-8-5-4-6-9-14)15-10-7-12-17-13-15/h4-6,8-9,15,17-18H,2-3,7,10-13H2,1H3/t15?,16-/m1/s1. The van der Waals surface area contributed by atoms with E-state index in [2.05, 4.69) is 24.4 Å². The first-order valence-corrected chi connectivity index (χ1v) is 7.26. The summed E-state index contributed by atoms with van der Waals surface area (Å²) in [5.74, 6) is 0.347. The van der Waals surface area contributed by atoms with Gasteiger partial charge in [-0.15, -0.1) is 0 Å². The Morgan fingerprint density at radius 1 is 1.33 bits per heavy atom. The van der Waals surface area contributed by atoms with Gasteiger partial charge in [0.05, 0.1) is 5.60 Å². The van der Waals surface area contributed by atoms with Gasteiger partial charge in [-0.25, -0.2) is 0 Å². The van der Waals surface area contributed by atoms with E-state index in [-0.39, 0.29) is 0 Å². The second-order valence-corrected chi connectivity index (χ2v) is 5.44. The minimum Gasteiger partial charge on any atom is -0.385 e. The van der Waals surface area contributed by atoms with E-state index in [4.69, 9.17) is 0 Å². The van der Waals surface area contributed by atoms with Gasteiger partial charge >= 0.3 is 0 Å². The van der Waals surface area contributed by atoms with Gasteiger partial charge in [-0.1, -0.05) is 50.1 Å². The van der Waals surface area contributed by atoms with Gasteiger partial charge in [0.1, 0.15) is 0 Å². The number of hydrogen-bond donors (Lipinski definition) is 2. The van der Waals surface area contributed by atoms with Crippen molar-refractivity contribution in [2.24, 2.45) is 5.92 Å². The summed E-state index contributed by atoms with van der Waals surface area (Å²) < 4.78 is 0. The predicted octanol–water partition coefficient (Wildman–Crippen LogP) is 3.06. The second-order valence-electron chi connectivity index (χ2n) is 5.44. The highest BCUT2D eigenvalue weighted by atomic mass is 16.3. The first-order chi connectivity index (χ1) is 8.77. The van der Waals surface area contributed by atoms with E-state index in [9.17, 15) is 5.11 Å². The molecule has 1 aromatic carbocycles. The highest BCUT2D eigenvalue weighted by Crippen LogP contribution is 2.38. The molecule has 2 N–H and O–H groups in total. The molecule has 0 aromatic heterocycles. The summed E-state index contributed by atoms with van der Waals surface area (Å²) in [6.07, 6.45) is 5.39. The summed E-state index contributed by atoms with van der Waals surface area (Å²) in [5, 5.41) is 14.6. The quantitative estimate of drug-likeness (QED) is 0.838. The van der Waals surface area contributed by atoms with Crippen molar-refractivity contribution in [2.45, 2.75) is 44.6 Å². The summed E-state index contributed by atoms with van der Waals surface area (Å²) in [5.41, 5.74) is 0.442. The van der Waals surface area contributed by atoms with Crippen LogP contribution in [-0.2, 0) is 5.60 Å². The number of unbranched alkanes of at least 4 members (excludes halogenated alkanes) is 1. The predicted molar refractivity (Wildman–Crippen MR) is 75.5 cm³/mol. The fourth-order valence-electron chi connectivity index (χ4n) is 3.02. The largest absolute Gasteiger partial charge is 0.385 e. The van der Waals surface area contributed by atoms with E-state index in [0.717, 1.165) is 44.3 Å². The Kier molecular flexibility index (Phi) is 4.79. The Morgan fingerprint density at radius 3 is 2.72 bits per heavy atom. The lowest BCUT2D eigenvalue weighted by Gasteiger charge is -2.39. The molecule has 0 aliphatic carbocycles.